The Balaban J connectivity index is 2.38. The van der Waals surface area contributed by atoms with Crippen molar-refractivity contribution in [3.05, 3.63) is 56.8 Å². The highest BCUT2D eigenvalue weighted by Gasteiger charge is 2.22. The number of nitriles is 1. The summed E-state index contributed by atoms with van der Waals surface area (Å²) in [5.74, 6) is -0.201. The van der Waals surface area contributed by atoms with E-state index in [9.17, 15) is 14.9 Å². The normalized spacial score (nSPS) is 9.95. The molecule has 0 radical (unpaired) electrons. The summed E-state index contributed by atoms with van der Waals surface area (Å²) < 4.78 is 5.30. The zero-order chi connectivity index (χ0) is 15.6. The summed E-state index contributed by atoms with van der Waals surface area (Å²) in [5, 5.41) is 22.4. The number of benzene rings is 1. The summed E-state index contributed by atoms with van der Waals surface area (Å²) in [6, 6.07) is 7.50. The maximum Gasteiger partial charge on any atom is 0.282 e. The molecular formula is C14H11N3O4. The number of nitrogens with zero attached hydrogens (tertiary/aromatic N) is 2. The van der Waals surface area contributed by atoms with Crippen LogP contribution in [0.2, 0.25) is 0 Å². The van der Waals surface area contributed by atoms with Crippen LogP contribution in [-0.4, -0.2) is 10.8 Å². The largest absolute Gasteiger partial charge is 0.444 e. The van der Waals surface area contributed by atoms with Gasteiger partial charge in [0.15, 0.2) is 0 Å². The van der Waals surface area contributed by atoms with Crippen molar-refractivity contribution < 1.29 is 14.1 Å². The average molecular weight is 285 g/mol. The number of hydrogen-bond donors (Lipinski definition) is 1. The molecule has 1 amide bonds. The van der Waals surface area contributed by atoms with Crippen LogP contribution in [0.1, 0.15) is 27.2 Å². The molecule has 1 N–H and O–H groups in total. The first-order valence-corrected chi connectivity index (χ1v) is 6.00. The Kier molecular flexibility index (Phi) is 3.71. The molecule has 0 aliphatic carbocycles. The second kappa shape index (κ2) is 5.46. The number of amides is 1. The maximum atomic E-state index is 12.1. The van der Waals surface area contributed by atoms with Gasteiger partial charge in [-0.25, -0.2) is 0 Å². The fourth-order valence-electron chi connectivity index (χ4n) is 1.84. The van der Waals surface area contributed by atoms with Gasteiger partial charge in [0.2, 0.25) is 5.88 Å². The number of nitrogens with one attached hydrogen (secondary N) is 1. The number of rotatable bonds is 3. The number of nitro groups is 1. The van der Waals surface area contributed by atoms with Gasteiger partial charge in [-0.05, 0) is 19.9 Å². The highest BCUT2D eigenvalue weighted by molar-refractivity contribution is 6.07. The second-order valence-electron chi connectivity index (χ2n) is 4.33. The fraction of sp³-hybridized carbons (Fsp3) is 0.143. The standard InChI is InChI=1S/C14H11N3O4/c1-8-9(2)21-14(11(8)7-15)16-13(18)10-5-3-4-6-12(10)17(19)20/h3-6H,1-2H3,(H,16,18). The third-order valence-corrected chi connectivity index (χ3v) is 3.07. The van der Waals surface area contributed by atoms with E-state index in [1.807, 2.05) is 6.07 Å². The minimum absolute atomic E-state index is 0.00403. The van der Waals surface area contributed by atoms with Crippen molar-refractivity contribution in [2.24, 2.45) is 0 Å². The average Bonchev–Trinajstić information content (AvgIpc) is 2.73. The lowest BCUT2D eigenvalue weighted by Crippen LogP contribution is -2.14. The van der Waals surface area contributed by atoms with Gasteiger partial charge in [0, 0.05) is 11.6 Å². The van der Waals surface area contributed by atoms with Crippen molar-refractivity contribution in [3.63, 3.8) is 0 Å². The van der Waals surface area contributed by atoms with Gasteiger partial charge in [0.25, 0.3) is 11.6 Å². The minimum atomic E-state index is -0.701. The first kappa shape index (κ1) is 14.3. The van der Waals surface area contributed by atoms with Crippen molar-refractivity contribution in [1.29, 1.82) is 5.26 Å². The van der Waals surface area contributed by atoms with E-state index in [1.165, 1.54) is 24.3 Å². The van der Waals surface area contributed by atoms with Gasteiger partial charge < -0.3 is 4.42 Å². The molecule has 21 heavy (non-hydrogen) atoms. The van der Waals surface area contributed by atoms with Crippen LogP contribution in [0.3, 0.4) is 0 Å². The van der Waals surface area contributed by atoms with Crippen LogP contribution in [0, 0.1) is 35.3 Å². The van der Waals surface area contributed by atoms with Crippen LogP contribution < -0.4 is 5.32 Å². The molecule has 1 aromatic heterocycles. The van der Waals surface area contributed by atoms with Crippen molar-refractivity contribution in [2.75, 3.05) is 5.32 Å². The molecule has 0 fully saturated rings. The van der Waals surface area contributed by atoms with E-state index in [0.717, 1.165) is 0 Å². The van der Waals surface area contributed by atoms with E-state index in [2.05, 4.69) is 5.32 Å². The van der Waals surface area contributed by atoms with Crippen molar-refractivity contribution in [2.45, 2.75) is 13.8 Å². The molecule has 0 spiro atoms. The molecule has 2 aromatic rings. The molecule has 0 atom stereocenters. The van der Waals surface area contributed by atoms with Crippen LogP contribution >= 0.6 is 0 Å². The third-order valence-electron chi connectivity index (χ3n) is 3.07. The molecule has 0 aliphatic rings. The van der Waals surface area contributed by atoms with E-state index < -0.39 is 10.8 Å². The van der Waals surface area contributed by atoms with Crippen LogP contribution in [0.25, 0.3) is 0 Å². The highest BCUT2D eigenvalue weighted by atomic mass is 16.6. The summed E-state index contributed by atoms with van der Waals surface area (Å²) in [6.07, 6.45) is 0. The zero-order valence-corrected chi connectivity index (χ0v) is 11.3. The number of hydrogen-bond acceptors (Lipinski definition) is 5. The van der Waals surface area contributed by atoms with E-state index in [-0.39, 0.29) is 22.7 Å². The lowest BCUT2D eigenvalue weighted by molar-refractivity contribution is -0.385. The number of anilines is 1. The molecular weight excluding hydrogens is 274 g/mol. The summed E-state index contributed by atoms with van der Waals surface area (Å²) in [7, 11) is 0. The first-order chi connectivity index (χ1) is 9.95. The van der Waals surface area contributed by atoms with E-state index in [0.29, 0.717) is 11.3 Å². The predicted molar refractivity (Wildman–Crippen MR) is 73.9 cm³/mol. The zero-order valence-electron chi connectivity index (χ0n) is 11.3. The lowest BCUT2D eigenvalue weighted by atomic mass is 10.1. The fourth-order valence-corrected chi connectivity index (χ4v) is 1.84. The molecule has 7 nitrogen and oxygen atoms in total. The molecule has 106 valence electrons. The van der Waals surface area contributed by atoms with Crippen molar-refractivity contribution >= 4 is 17.5 Å². The number of furan rings is 1. The Bertz CT molecular complexity index is 771. The van der Waals surface area contributed by atoms with Crippen LogP contribution in [0.4, 0.5) is 11.6 Å². The Labute approximate surface area is 119 Å². The van der Waals surface area contributed by atoms with Gasteiger partial charge in [0.1, 0.15) is 23.0 Å². The Morgan fingerprint density at radius 1 is 1.38 bits per heavy atom. The number of para-hydroxylation sites is 1. The van der Waals surface area contributed by atoms with Gasteiger partial charge in [-0.1, -0.05) is 12.1 Å². The Morgan fingerprint density at radius 2 is 2.05 bits per heavy atom. The number of aryl methyl sites for hydroxylation is 1. The monoisotopic (exact) mass is 285 g/mol. The predicted octanol–water partition coefficient (Wildman–Crippen LogP) is 2.93. The summed E-state index contributed by atoms with van der Waals surface area (Å²) in [6.45, 7) is 3.36. The third kappa shape index (κ3) is 2.60. The highest BCUT2D eigenvalue weighted by Crippen LogP contribution is 2.27. The smallest absolute Gasteiger partial charge is 0.282 e. The number of nitro benzene ring substituents is 1. The van der Waals surface area contributed by atoms with Crippen LogP contribution in [-0.2, 0) is 0 Å². The quantitative estimate of drug-likeness (QED) is 0.688. The molecule has 0 aliphatic heterocycles. The lowest BCUT2D eigenvalue weighted by Gasteiger charge is -2.03. The SMILES string of the molecule is Cc1oc(NC(=O)c2ccccc2[N+](=O)[O-])c(C#N)c1C. The van der Waals surface area contributed by atoms with Gasteiger partial charge in [-0.15, -0.1) is 0 Å². The summed E-state index contributed by atoms with van der Waals surface area (Å²) >= 11 is 0. The van der Waals surface area contributed by atoms with Gasteiger partial charge >= 0.3 is 0 Å². The van der Waals surface area contributed by atoms with Gasteiger partial charge in [-0.3, -0.25) is 20.2 Å². The second-order valence-corrected chi connectivity index (χ2v) is 4.33. The van der Waals surface area contributed by atoms with Gasteiger partial charge in [0.05, 0.1) is 4.92 Å². The van der Waals surface area contributed by atoms with Crippen LogP contribution in [0.5, 0.6) is 0 Å². The Hall–Kier alpha value is -3.14. The molecule has 0 bridgehead atoms. The Morgan fingerprint density at radius 3 is 2.67 bits per heavy atom. The van der Waals surface area contributed by atoms with Gasteiger partial charge in [-0.2, -0.15) is 5.26 Å². The maximum absolute atomic E-state index is 12.1. The number of carbonyl (C=O) groups is 1. The van der Waals surface area contributed by atoms with E-state index >= 15 is 0 Å². The molecule has 7 heteroatoms. The first-order valence-electron chi connectivity index (χ1n) is 6.00. The van der Waals surface area contributed by atoms with Crippen LogP contribution in [0.15, 0.2) is 28.7 Å². The molecule has 0 saturated heterocycles. The molecule has 0 unspecified atom stereocenters. The van der Waals surface area contributed by atoms with E-state index in [1.54, 1.807) is 13.8 Å². The molecule has 0 saturated carbocycles. The van der Waals surface area contributed by atoms with Crippen molar-refractivity contribution in [1.82, 2.24) is 0 Å². The summed E-state index contributed by atoms with van der Waals surface area (Å²) in [5.41, 5.74) is 0.418. The van der Waals surface area contributed by atoms with E-state index in [4.69, 9.17) is 9.68 Å². The van der Waals surface area contributed by atoms with Crippen molar-refractivity contribution in [3.8, 4) is 6.07 Å². The molecule has 1 aromatic carbocycles. The minimum Gasteiger partial charge on any atom is -0.444 e. The molecule has 1 heterocycles. The topological polar surface area (TPSA) is 109 Å². The summed E-state index contributed by atoms with van der Waals surface area (Å²) in [4.78, 5) is 22.4. The molecule has 2 rings (SSSR count). The number of carbonyl (C=O) groups excluding carboxylic acids is 1.